The largest absolute Gasteiger partial charge is 0.320 e. The molecule has 0 aliphatic heterocycles. The molecule has 5 nitrogen and oxygen atoms in total. The van der Waals surface area contributed by atoms with Gasteiger partial charge < -0.3 is 5.32 Å². The number of anilines is 1. The van der Waals surface area contributed by atoms with Crippen LogP contribution >= 0.6 is 15.9 Å². The zero-order chi connectivity index (χ0) is 14.7. The van der Waals surface area contributed by atoms with Crippen molar-refractivity contribution in [1.82, 2.24) is 14.8 Å². The van der Waals surface area contributed by atoms with Gasteiger partial charge in [-0.3, -0.25) is 4.79 Å². The third-order valence-corrected chi connectivity index (χ3v) is 3.33. The average molecular weight is 343 g/mol. The minimum absolute atomic E-state index is 0.197. The highest BCUT2D eigenvalue weighted by molar-refractivity contribution is 9.10. The van der Waals surface area contributed by atoms with Crippen LogP contribution < -0.4 is 5.32 Å². The van der Waals surface area contributed by atoms with E-state index in [4.69, 9.17) is 0 Å². The lowest BCUT2D eigenvalue weighted by atomic mass is 10.2. The fourth-order valence-electron chi connectivity index (χ4n) is 1.93. The van der Waals surface area contributed by atoms with Crippen molar-refractivity contribution in [2.24, 2.45) is 0 Å². The number of hydrogen-bond donors (Lipinski definition) is 1. The first-order valence-corrected chi connectivity index (χ1v) is 7.05. The van der Waals surface area contributed by atoms with Crippen LogP contribution in [0.15, 0.2) is 65.7 Å². The Bertz CT molecular complexity index is 771. The quantitative estimate of drug-likeness (QED) is 0.743. The van der Waals surface area contributed by atoms with E-state index in [0.717, 1.165) is 5.69 Å². The van der Waals surface area contributed by atoms with Crippen LogP contribution in [0.25, 0.3) is 5.69 Å². The number of benzene rings is 1. The summed E-state index contributed by atoms with van der Waals surface area (Å²) in [6.45, 7) is 0. The molecule has 0 spiro atoms. The number of carbonyl (C=O) groups excluding carboxylic acids is 1. The summed E-state index contributed by atoms with van der Waals surface area (Å²) in [6, 6.07) is 12.7. The van der Waals surface area contributed by atoms with Crippen molar-refractivity contribution in [2.75, 3.05) is 5.32 Å². The molecule has 3 aromatic rings. The van der Waals surface area contributed by atoms with E-state index >= 15 is 0 Å². The highest BCUT2D eigenvalue weighted by atomic mass is 79.9. The third-order valence-electron chi connectivity index (χ3n) is 2.89. The van der Waals surface area contributed by atoms with Crippen LogP contribution in [0.4, 0.5) is 5.69 Å². The first kappa shape index (κ1) is 13.5. The molecule has 2 aromatic heterocycles. The maximum Gasteiger partial charge on any atom is 0.255 e. The van der Waals surface area contributed by atoms with Crippen LogP contribution in [0.3, 0.4) is 0 Å². The van der Waals surface area contributed by atoms with Gasteiger partial charge in [0.1, 0.15) is 4.60 Å². The van der Waals surface area contributed by atoms with Gasteiger partial charge in [0.2, 0.25) is 0 Å². The normalized spacial score (nSPS) is 10.3. The molecule has 0 unspecified atom stereocenters. The summed E-state index contributed by atoms with van der Waals surface area (Å²) in [6.07, 6.45) is 5.10. The predicted octanol–water partition coefficient (Wildman–Crippen LogP) is 3.28. The van der Waals surface area contributed by atoms with Gasteiger partial charge >= 0.3 is 0 Å². The van der Waals surface area contributed by atoms with Gasteiger partial charge in [0, 0.05) is 24.2 Å². The van der Waals surface area contributed by atoms with Crippen molar-refractivity contribution < 1.29 is 4.79 Å². The van der Waals surface area contributed by atoms with Crippen LogP contribution in [-0.2, 0) is 0 Å². The maximum absolute atomic E-state index is 12.3. The molecule has 2 heterocycles. The van der Waals surface area contributed by atoms with Gasteiger partial charge in [0.15, 0.2) is 0 Å². The summed E-state index contributed by atoms with van der Waals surface area (Å²) >= 11 is 3.26. The predicted molar refractivity (Wildman–Crippen MR) is 83.5 cm³/mol. The fraction of sp³-hybridized carbons (Fsp3) is 0. The topological polar surface area (TPSA) is 59.8 Å². The molecule has 0 radical (unpaired) electrons. The van der Waals surface area contributed by atoms with Crippen LogP contribution in [0.1, 0.15) is 10.4 Å². The Hall–Kier alpha value is -2.47. The van der Waals surface area contributed by atoms with Crippen molar-refractivity contribution in [3.05, 3.63) is 71.2 Å². The lowest BCUT2D eigenvalue weighted by Crippen LogP contribution is -2.14. The molecular weight excluding hydrogens is 332 g/mol. The third kappa shape index (κ3) is 3.00. The Morgan fingerprint density at radius 1 is 1.14 bits per heavy atom. The summed E-state index contributed by atoms with van der Waals surface area (Å²) in [5, 5.41) is 7.08. The fourth-order valence-corrected chi connectivity index (χ4v) is 2.29. The number of pyridine rings is 1. The standard InChI is InChI=1S/C15H11BrN4O/c16-14-10-11(6-8-17-14)15(21)19-12-4-1-2-5-13(12)20-9-3-7-18-20/h1-10H,(H,19,21). The SMILES string of the molecule is O=C(Nc1ccccc1-n1cccn1)c1ccnc(Br)c1. The molecule has 0 fully saturated rings. The van der Waals surface area contributed by atoms with Gasteiger partial charge in [0.25, 0.3) is 5.91 Å². The average Bonchev–Trinajstić information content (AvgIpc) is 3.02. The zero-order valence-electron chi connectivity index (χ0n) is 10.9. The van der Waals surface area contributed by atoms with E-state index in [2.05, 4.69) is 31.3 Å². The zero-order valence-corrected chi connectivity index (χ0v) is 12.5. The smallest absolute Gasteiger partial charge is 0.255 e. The molecule has 0 saturated carbocycles. The Labute approximate surface area is 129 Å². The molecule has 3 rings (SSSR count). The molecule has 1 N–H and O–H groups in total. The van der Waals surface area contributed by atoms with Crippen molar-refractivity contribution >= 4 is 27.5 Å². The summed E-state index contributed by atoms with van der Waals surface area (Å²) in [4.78, 5) is 16.3. The Morgan fingerprint density at radius 3 is 2.76 bits per heavy atom. The van der Waals surface area contributed by atoms with Crippen molar-refractivity contribution in [3.63, 3.8) is 0 Å². The van der Waals surface area contributed by atoms with E-state index in [1.165, 1.54) is 0 Å². The number of para-hydroxylation sites is 2. The lowest BCUT2D eigenvalue weighted by molar-refractivity contribution is 0.102. The van der Waals surface area contributed by atoms with Crippen molar-refractivity contribution in [1.29, 1.82) is 0 Å². The van der Waals surface area contributed by atoms with Crippen LogP contribution in [0.2, 0.25) is 0 Å². The van der Waals surface area contributed by atoms with E-state index in [9.17, 15) is 4.79 Å². The van der Waals surface area contributed by atoms with Gasteiger partial charge in [-0.05, 0) is 46.3 Å². The number of hydrogen-bond acceptors (Lipinski definition) is 3. The van der Waals surface area contributed by atoms with Crippen molar-refractivity contribution in [2.45, 2.75) is 0 Å². The van der Waals surface area contributed by atoms with Gasteiger partial charge in [-0.2, -0.15) is 5.10 Å². The molecule has 0 saturated heterocycles. The molecule has 0 atom stereocenters. The number of nitrogens with zero attached hydrogens (tertiary/aromatic N) is 3. The second kappa shape index (κ2) is 5.88. The Balaban J connectivity index is 1.90. The summed E-state index contributed by atoms with van der Waals surface area (Å²) in [5.41, 5.74) is 2.04. The van der Waals surface area contributed by atoms with E-state index < -0.39 is 0 Å². The Morgan fingerprint density at radius 2 is 2.00 bits per heavy atom. The van der Waals surface area contributed by atoms with E-state index in [-0.39, 0.29) is 5.91 Å². The van der Waals surface area contributed by atoms with Crippen LogP contribution in [0.5, 0.6) is 0 Å². The molecule has 0 bridgehead atoms. The molecule has 0 aliphatic carbocycles. The van der Waals surface area contributed by atoms with Gasteiger partial charge in [0.05, 0.1) is 11.4 Å². The summed E-state index contributed by atoms with van der Waals surface area (Å²) in [7, 11) is 0. The number of carbonyl (C=O) groups is 1. The minimum Gasteiger partial charge on any atom is -0.320 e. The molecule has 0 aliphatic rings. The maximum atomic E-state index is 12.3. The van der Waals surface area contributed by atoms with Gasteiger partial charge in [-0.1, -0.05) is 12.1 Å². The van der Waals surface area contributed by atoms with Gasteiger partial charge in [-0.15, -0.1) is 0 Å². The highest BCUT2D eigenvalue weighted by Crippen LogP contribution is 2.20. The molecule has 21 heavy (non-hydrogen) atoms. The number of amides is 1. The van der Waals surface area contributed by atoms with E-state index in [1.54, 1.807) is 29.2 Å². The molecule has 104 valence electrons. The monoisotopic (exact) mass is 342 g/mol. The number of nitrogens with one attached hydrogen (secondary N) is 1. The second-order valence-electron chi connectivity index (χ2n) is 4.29. The number of rotatable bonds is 3. The van der Waals surface area contributed by atoms with Gasteiger partial charge in [-0.25, -0.2) is 9.67 Å². The number of halogens is 1. The number of aromatic nitrogens is 3. The molecule has 1 aromatic carbocycles. The summed E-state index contributed by atoms with van der Waals surface area (Å²) < 4.78 is 2.33. The lowest BCUT2D eigenvalue weighted by Gasteiger charge is -2.11. The highest BCUT2D eigenvalue weighted by Gasteiger charge is 2.10. The first-order valence-electron chi connectivity index (χ1n) is 6.26. The Kier molecular flexibility index (Phi) is 3.79. The van der Waals surface area contributed by atoms with Crippen LogP contribution in [-0.4, -0.2) is 20.7 Å². The second-order valence-corrected chi connectivity index (χ2v) is 5.10. The van der Waals surface area contributed by atoms with E-state index in [0.29, 0.717) is 15.9 Å². The molecule has 1 amide bonds. The minimum atomic E-state index is -0.197. The molecule has 6 heteroatoms. The first-order chi connectivity index (χ1) is 10.2. The summed E-state index contributed by atoms with van der Waals surface area (Å²) in [5.74, 6) is -0.197. The molecular formula is C15H11BrN4O. The van der Waals surface area contributed by atoms with Crippen LogP contribution in [0, 0.1) is 0 Å². The van der Waals surface area contributed by atoms with E-state index in [1.807, 2.05) is 36.5 Å². The van der Waals surface area contributed by atoms with Crippen molar-refractivity contribution in [3.8, 4) is 5.69 Å².